The van der Waals surface area contributed by atoms with E-state index in [-0.39, 0.29) is 5.54 Å². The van der Waals surface area contributed by atoms with Gasteiger partial charge in [0.1, 0.15) is 5.82 Å². The van der Waals surface area contributed by atoms with E-state index in [1.807, 2.05) is 0 Å². The summed E-state index contributed by atoms with van der Waals surface area (Å²) in [6, 6.07) is 0. The summed E-state index contributed by atoms with van der Waals surface area (Å²) in [6.45, 7) is 10.7. The first-order valence-electron chi connectivity index (χ1n) is 6.41. The predicted octanol–water partition coefficient (Wildman–Crippen LogP) is 1.45. The quantitative estimate of drug-likeness (QED) is 0.632. The fourth-order valence-electron chi connectivity index (χ4n) is 2.24. The van der Waals surface area contributed by atoms with Crippen LogP contribution in [0.4, 0.5) is 11.8 Å². The van der Waals surface area contributed by atoms with Gasteiger partial charge in [0.2, 0.25) is 5.95 Å². The van der Waals surface area contributed by atoms with E-state index in [9.17, 15) is 0 Å². The van der Waals surface area contributed by atoms with Gasteiger partial charge in [-0.05, 0) is 36.7 Å². The molecule has 7 heteroatoms. The van der Waals surface area contributed by atoms with Crippen LogP contribution in [0.1, 0.15) is 20.8 Å². The Bertz CT molecular complexity index is 436. The summed E-state index contributed by atoms with van der Waals surface area (Å²) in [6.07, 6.45) is 1.73. The third kappa shape index (κ3) is 3.34. The number of hydrogen-bond acceptors (Lipinski definition) is 6. The molecule has 1 aliphatic heterocycles. The first kappa shape index (κ1) is 14.5. The molecule has 3 N–H and O–H groups in total. The lowest BCUT2D eigenvalue weighted by Crippen LogP contribution is -2.53. The van der Waals surface area contributed by atoms with Gasteiger partial charge >= 0.3 is 0 Å². The minimum absolute atomic E-state index is 0.221. The molecule has 1 aliphatic rings. The SMILES string of the molecule is CC(C)(C)N1CCN(c2nc(NN)ncc2Br)CC1. The third-order valence-electron chi connectivity index (χ3n) is 3.38. The van der Waals surface area contributed by atoms with Crippen LogP contribution in [0.15, 0.2) is 10.7 Å². The summed E-state index contributed by atoms with van der Waals surface area (Å²) in [5.74, 6) is 6.70. The Balaban J connectivity index is 2.09. The maximum atomic E-state index is 5.36. The Hall–Kier alpha value is -0.920. The molecule has 6 nitrogen and oxygen atoms in total. The zero-order chi connectivity index (χ0) is 14.0. The van der Waals surface area contributed by atoms with Crippen LogP contribution in [0.2, 0.25) is 0 Å². The second kappa shape index (κ2) is 5.60. The number of halogens is 1. The first-order chi connectivity index (χ1) is 8.91. The zero-order valence-corrected chi connectivity index (χ0v) is 13.2. The molecule has 1 aromatic rings. The summed E-state index contributed by atoms with van der Waals surface area (Å²) >= 11 is 3.50. The Morgan fingerprint density at radius 2 is 1.89 bits per heavy atom. The Kier molecular flexibility index (Phi) is 4.27. The predicted molar refractivity (Wildman–Crippen MR) is 81.1 cm³/mol. The minimum atomic E-state index is 0.221. The Morgan fingerprint density at radius 1 is 1.26 bits per heavy atom. The van der Waals surface area contributed by atoms with Crippen molar-refractivity contribution >= 4 is 27.7 Å². The summed E-state index contributed by atoms with van der Waals surface area (Å²) in [7, 11) is 0. The van der Waals surface area contributed by atoms with Gasteiger partial charge in [0.15, 0.2) is 0 Å². The highest BCUT2D eigenvalue weighted by molar-refractivity contribution is 9.10. The normalized spacial score (nSPS) is 17.6. The number of piperazine rings is 1. The van der Waals surface area contributed by atoms with Crippen LogP contribution >= 0.6 is 15.9 Å². The number of nitrogens with zero attached hydrogens (tertiary/aromatic N) is 4. The summed E-state index contributed by atoms with van der Waals surface area (Å²) in [4.78, 5) is 13.2. The third-order valence-corrected chi connectivity index (χ3v) is 3.94. The van der Waals surface area contributed by atoms with Crippen molar-refractivity contribution in [2.45, 2.75) is 26.3 Å². The molecule has 0 aromatic carbocycles. The molecule has 0 amide bonds. The number of nitrogen functional groups attached to an aromatic ring is 1. The molecule has 0 radical (unpaired) electrons. The van der Waals surface area contributed by atoms with Gasteiger partial charge in [-0.2, -0.15) is 4.98 Å². The summed E-state index contributed by atoms with van der Waals surface area (Å²) in [5.41, 5.74) is 2.71. The maximum Gasteiger partial charge on any atom is 0.239 e. The smallest absolute Gasteiger partial charge is 0.239 e. The van der Waals surface area contributed by atoms with Crippen molar-refractivity contribution in [1.29, 1.82) is 0 Å². The number of nitrogens with two attached hydrogens (primary N) is 1. The molecule has 1 aromatic heterocycles. The Labute approximate surface area is 122 Å². The molecule has 19 heavy (non-hydrogen) atoms. The molecule has 2 heterocycles. The number of aromatic nitrogens is 2. The topological polar surface area (TPSA) is 70.3 Å². The molecule has 0 saturated carbocycles. The number of rotatable bonds is 2. The lowest BCUT2D eigenvalue weighted by molar-refractivity contribution is 0.128. The fourth-order valence-corrected chi connectivity index (χ4v) is 2.68. The van der Waals surface area contributed by atoms with E-state index in [1.54, 1.807) is 6.20 Å². The van der Waals surface area contributed by atoms with Gasteiger partial charge in [-0.25, -0.2) is 10.8 Å². The van der Waals surface area contributed by atoms with Gasteiger partial charge in [0, 0.05) is 37.9 Å². The van der Waals surface area contributed by atoms with E-state index in [4.69, 9.17) is 5.84 Å². The van der Waals surface area contributed by atoms with Gasteiger partial charge in [0.05, 0.1) is 4.47 Å². The van der Waals surface area contributed by atoms with Crippen molar-refractivity contribution < 1.29 is 0 Å². The molecule has 1 saturated heterocycles. The summed E-state index contributed by atoms with van der Waals surface area (Å²) < 4.78 is 0.899. The van der Waals surface area contributed by atoms with E-state index in [0.717, 1.165) is 36.5 Å². The van der Waals surface area contributed by atoms with Gasteiger partial charge in [-0.3, -0.25) is 10.3 Å². The van der Waals surface area contributed by atoms with Crippen LogP contribution in [-0.2, 0) is 0 Å². The minimum Gasteiger partial charge on any atom is -0.353 e. The average molecular weight is 329 g/mol. The number of nitrogens with one attached hydrogen (secondary N) is 1. The fraction of sp³-hybridized carbons (Fsp3) is 0.667. The van der Waals surface area contributed by atoms with Crippen molar-refractivity contribution in [2.75, 3.05) is 36.5 Å². The van der Waals surface area contributed by atoms with Crippen molar-refractivity contribution in [1.82, 2.24) is 14.9 Å². The standard InChI is InChI=1S/C12H21BrN6/c1-12(2,3)19-6-4-18(5-7-19)10-9(13)8-15-11(16-10)17-14/h8H,4-7,14H2,1-3H3,(H,15,16,17). The van der Waals surface area contributed by atoms with Crippen LogP contribution in [0.3, 0.4) is 0 Å². The zero-order valence-electron chi connectivity index (χ0n) is 11.6. The molecule has 0 atom stereocenters. The van der Waals surface area contributed by atoms with E-state index in [2.05, 4.69) is 61.9 Å². The second-order valence-corrected chi connectivity index (χ2v) is 6.51. The Morgan fingerprint density at radius 3 is 2.42 bits per heavy atom. The monoisotopic (exact) mass is 328 g/mol. The molecule has 2 rings (SSSR count). The van der Waals surface area contributed by atoms with Crippen LogP contribution < -0.4 is 16.2 Å². The summed E-state index contributed by atoms with van der Waals surface area (Å²) in [5, 5.41) is 0. The van der Waals surface area contributed by atoms with E-state index >= 15 is 0 Å². The largest absolute Gasteiger partial charge is 0.353 e. The lowest BCUT2D eigenvalue weighted by Gasteiger charge is -2.42. The van der Waals surface area contributed by atoms with Gasteiger partial charge in [-0.15, -0.1) is 0 Å². The van der Waals surface area contributed by atoms with Gasteiger partial charge in [0.25, 0.3) is 0 Å². The number of hydrazine groups is 1. The molecule has 1 fully saturated rings. The molecule has 0 spiro atoms. The van der Waals surface area contributed by atoms with Gasteiger partial charge in [-0.1, -0.05) is 0 Å². The molecule has 0 bridgehead atoms. The number of anilines is 2. The van der Waals surface area contributed by atoms with E-state index in [1.165, 1.54) is 0 Å². The first-order valence-corrected chi connectivity index (χ1v) is 7.20. The van der Waals surface area contributed by atoms with Gasteiger partial charge < -0.3 is 4.90 Å². The van der Waals surface area contributed by atoms with Crippen molar-refractivity contribution in [2.24, 2.45) is 5.84 Å². The van der Waals surface area contributed by atoms with E-state index in [0.29, 0.717) is 5.95 Å². The van der Waals surface area contributed by atoms with Crippen molar-refractivity contribution in [3.8, 4) is 0 Å². The van der Waals surface area contributed by atoms with Crippen LogP contribution in [0.5, 0.6) is 0 Å². The molecule has 0 aliphatic carbocycles. The highest BCUT2D eigenvalue weighted by atomic mass is 79.9. The highest BCUT2D eigenvalue weighted by Gasteiger charge is 2.27. The lowest BCUT2D eigenvalue weighted by atomic mass is 10.1. The van der Waals surface area contributed by atoms with Crippen LogP contribution in [-0.4, -0.2) is 46.6 Å². The molecular weight excluding hydrogens is 308 g/mol. The highest BCUT2D eigenvalue weighted by Crippen LogP contribution is 2.26. The van der Waals surface area contributed by atoms with Crippen LogP contribution in [0.25, 0.3) is 0 Å². The molecule has 0 unspecified atom stereocenters. The van der Waals surface area contributed by atoms with E-state index < -0.39 is 0 Å². The second-order valence-electron chi connectivity index (χ2n) is 5.65. The van der Waals surface area contributed by atoms with Crippen molar-refractivity contribution in [3.63, 3.8) is 0 Å². The van der Waals surface area contributed by atoms with Crippen molar-refractivity contribution in [3.05, 3.63) is 10.7 Å². The maximum absolute atomic E-state index is 5.36. The molecular formula is C12H21BrN6. The molecule has 106 valence electrons. The average Bonchev–Trinajstić information content (AvgIpc) is 2.38. The number of hydrogen-bond donors (Lipinski definition) is 2. The van der Waals surface area contributed by atoms with Crippen LogP contribution in [0, 0.1) is 0 Å².